The van der Waals surface area contributed by atoms with Crippen molar-refractivity contribution >= 4 is 5.96 Å². The number of nitrogens with two attached hydrogens (primary N) is 1. The number of benzene rings is 1. The predicted octanol–water partition coefficient (Wildman–Crippen LogP) is 1.71. The number of hydrogen-bond donors (Lipinski definition) is 1. The molecule has 5 heteroatoms. The van der Waals surface area contributed by atoms with Crippen molar-refractivity contribution in [3.8, 4) is 5.75 Å². The van der Waals surface area contributed by atoms with Crippen LogP contribution in [0.3, 0.4) is 0 Å². The number of guanidine groups is 1. The van der Waals surface area contributed by atoms with E-state index in [4.69, 9.17) is 10.5 Å². The number of rotatable bonds is 6. The molecule has 1 aromatic carbocycles. The molecule has 1 aliphatic rings. The fourth-order valence-electron chi connectivity index (χ4n) is 2.42. The van der Waals surface area contributed by atoms with Gasteiger partial charge in [0.05, 0.1) is 19.7 Å². The van der Waals surface area contributed by atoms with Crippen molar-refractivity contribution in [2.75, 3.05) is 34.8 Å². The molecular weight excluding hydrogens is 264 g/mol. The molecule has 1 aromatic rings. The molecule has 0 amide bonds. The molecule has 1 saturated carbocycles. The van der Waals surface area contributed by atoms with Gasteiger partial charge in [0, 0.05) is 18.7 Å². The lowest BCUT2D eigenvalue weighted by Gasteiger charge is -2.25. The number of nitrogens with zero attached hydrogens (tertiary/aromatic N) is 3. The second kappa shape index (κ2) is 6.80. The summed E-state index contributed by atoms with van der Waals surface area (Å²) in [6.07, 6.45) is 2.44. The van der Waals surface area contributed by atoms with Gasteiger partial charge in [0.25, 0.3) is 0 Å². The second-order valence-corrected chi connectivity index (χ2v) is 5.76. The van der Waals surface area contributed by atoms with Crippen molar-refractivity contribution in [2.24, 2.45) is 10.7 Å². The van der Waals surface area contributed by atoms with Gasteiger partial charge in [-0.3, -0.25) is 4.99 Å². The number of likely N-dealkylation sites (N-methyl/N-ethyl adjacent to an activating group) is 1. The summed E-state index contributed by atoms with van der Waals surface area (Å²) < 4.78 is 5.46. The Morgan fingerprint density at radius 2 is 2.00 bits per heavy atom. The molecule has 0 aliphatic heterocycles. The minimum Gasteiger partial charge on any atom is -0.496 e. The third-order valence-corrected chi connectivity index (χ3v) is 4.00. The lowest BCUT2D eigenvalue weighted by Crippen LogP contribution is -2.36. The fraction of sp³-hybridized carbons (Fsp3) is 0.562. The molecule has 5 nitrogen and oxygen atoms in total. The maximum Gasteiger partial charge on any atom is 0.191 e. The lowest BCUT2D eigenvalue weighted by atomic mass is 10.0. The molecule has 0 aromatic heterocycles. The van der Waals surface area contributed by atoms with Crippen LogP contribution in [-0.2, 0) is 0 Å². The molecule has 0 spiro atoms. The maximum atomic E-state index is 6.08. The SMILES string of the molecule is COc1ccccc1C(CN=C(N)N(C)C1CC1)N(C)C. The molecule has 0 heterocycles. The van der Waals surface area contributed by atoms with E-state index in [0.29, 0.717) is 18.5 Å². The Hall–Kier alpha value is -1.75. The zero-order valence-corrected chi connectivity index (χ0v) is 13.4. The highest BCUT2D eigenvalue weighted by molar-refractivity contribution is 5.78. The number of hydrogen-bond acceptors (Lipinski definition) is 3. The van der Waals surface area contributed by atoms with Gasteiger partial charge < -0.3 is 20.3 Å². The minimum atomic E-state index is 0.146. The van der Waals surface area contributed by atoms with Crippen molar-refractivity contribution < 1.29 is 4.74 Å². The van der Waals surface area contributed by atoms with Crippen LogP contribution in [0.1, 0.15) is 24.4 Å². The summed E-state index contributed by atoms with van der Waals surface area (Å²) in [5.74, 6) is 1.51. The second-order valence-electron chi connectivity index (χ2n) is 5.76. The summed E-state index contributed by atoms with van der Waals surface area (Å²) in [5.41, 5.74) is 7.22. The molecule has 2 rings (SSSR count). The molecule has 2 N–H and O–H groups in total. The molecule has 116 valence electrons. The highest BCUT2D eigenvalue weighted by atomic mass is 16.5. The van der Waals surface area contributed by atoms with Gasteiger partial charge in [0.1, 0.15) is 5.75 Å². The normalized spacial score (nSPS) is 16.9. The van der Waals surface area contributed by atoms with Gasteiger partial charge in [0.2, 0.25) is 0 Å². The molecule has 0 radical (unpaired) electrons. The Morgan fingerprint density at radius 1 is 1.33 bits per heavy atom. The molecule has 0 saturated heterocycles. The summed E-state index contributed by atoms with van der Waals surface area (Å²) in [5, 5.41) is 0. The molecule has 21 heavy (non-hydrogen) atoms. The largest absolute Gasteiger partial charge is 0.496 e. The number of methoxy groups -OCH3 is 1. The predicted molar refractivity (Wildman–Crippen MR) is 86.7 cm³/mol. The third kappa shape index (κ3) is 3.88. The first-order chi connectivity index (χ1) is 10.0. The van der Waals surface area contributed by atoms with Crippen LogP contribution in [0.5, 0.6) is 5.75 Å². The van der Waals surface area contributed by atoms with E-state index in [-0.39, 0.29) is 6.04 Å². The Kier molecular flexibility index (Phi) is 5.07. The monoisotopic (exact) mass is 290 g/mol. The summed E-state index contributed by atoms with van der Waals surface area (Å²) in [6, 6.07) is 8.80. The average Bonchev–Trinajstić information content (AvgIpc) is 3.31. The van der Waals surface area contributed by atoms with Crippen LogP contribution in [-0.4, -0.2) is 56.6 Å². The van der Waals surface area contributed by atoms with Gasteiger partial charge in [-0.2, -0.15) is 0 Å². The van der Waals surface area contributed by atoms with Crippen LogP contribution in [0.15, 0.2) is 29.3 Å². The van der Waals surface area contributed by atoms with E-state index in [0.717, 1.165) is 11.3 Å². The first-order valence-corrected chi connectivity index (χ1v) is 7.36. The van der Waals surface area contributed by atoms with E-state index in [9.17, 15) is 0 Å². The average molecular weight is 290 g/mol. The Morgan fingerprint density at radius 3 is 2.57 bits per heavy atom. The van der Waals surface area contributed by atoms with Gasteiger partial charge in [-0.1, -0.05) is 18.2 Å². The highest BCUT2D eigenvalue weighted by Gasteiger charge is 2.27. The van der Waals surface area contributed by atoms with Gasteiger partial charge >= 0.3 is 0 Å². The molecule has 1 atom stereocenters. The summed E-state index contributed by atoms with van der Waals surface area (Å²) >= 11 is 0. The first-order valence-electron chi connectivity index (χ1n) is 7.36. The van der Waals surface area contributed by atoms with Gasteiger partial charge in [-0.15, -0.1) is 0 Å². The van der Waals surface area contributed by atoms with E-state index in [1.807, 2.05) is 39.3 Å². The first kappa shape index (κ1) is 15.6. The van der Waals surface area contributed by atoms with Crippen LogP contribution < -0.4 is 10.5 Å². The molecule has 1 aliphatic carbocycles. The van der Waals surface area contributed by atoms with Gasteiger partial charge in [0.15, 0.2) is 5.96 Å². The fourth-order valence-corrected chi connectivity index (χ4v) is 2.42. The van der Waals surface area contributed by atoms with Crippen molar-refractivity contribution in [3.63, 3.8) is 0 Å². The van der Waals surface area contributed by atoms with Crippen molar-refractivity contribution in [2.45, 2.75) is 24.9 Å². The summed E-state index contributed by atoms with van der Waals surface area (Å²) in [6.45, 7) is 0.621. The standard InChI is InChI=1S/C16H26N4O/c1-19(2)14(13-7-5-6-8-15(13)21-4)11-18-16(17)20(3)12-9-10-12/h5-8,12,14H,9-11H2,1-4H3,(H2,17,18). The van der Waals surface area contributed by atoms with Crippen LogP contribution in [0, 0.1) is 0 Å². The van der Waals surface area contributed by atoms with E-state index in [2.05, 4.69) is 20.9 Å². The highest BCUT2D eigenvalue weighted by Crippen LogP contribution is 2.28. The van der Waals surface area contributed by atoms with Crippen molar-refractivity contribution in [1.82, 2.24) is 9.80 Å². The minimum absolute atomic E-state index is 0.146. The maximum absolute atomic E-state index is 6.08. The van der Waals surface area contributed by atoms with Crippen LogP contribution in [0.4, 0.5) is 0 Å². The van der Waals surface area contributed by atoms with Crippen molar-refractivity contribution in [1.29, 1.82) is 0 Å². The van der Waals surface area contributed by atoms with E-state index in [1.165, 1.54) is 12.8 Å². The third-order valence-electron chi connectivity index (χ3n) is 4.00. The Balaban J connectivity index is 2.13. The number of ether oxygens (including phenoxy) is 1. The van der Waals surface area contributed by atoms with E-state index >= 15 is 0 Å². The Labute approximate surface area is 127 Å². The van der Waals surface area contributed by atoms with Crippen LogP contribution in [0.2, 0.25) is 0 Å². The summed E-state index contributed by atoms with van der Waals surface area (Å²) in [4.78, 5) is 8.80. The van der Waals surface area contributed by atoms with Crippen molar-refractivity contribution in [3.05, 3.63) is 29.8 Å². The molecule has 1 fully saturated rings. The number of aliphatic imine (C=N–C) groups is 1. The van der Waals surface area contributed by atoms with E-state index < -0.39 is 0 Å². The molecular formula is C16H26N4O. The quantitative estimate of drug-likeness (QED) is 0.640. The van der Waals surface area contributed by atoms with Crippen LogP contribution >= 0.6 is 0 Å². The lowest BCUT2D eigenvalue weighted by molar-refractivity contribution is 0.294. The molecule has 0 bridgehead atoms. The van der Waals surface area contributed by atoms with Crippen LogP contribution in [0.25, 0.3) is 0 Å². The smallest absolute Gasteiger partial charge is 0.191 e. The summed E-state index contributed by atoms with van der Waals surface area (Å²) in [7, 11) is 7.81. The van der Waals surface area contributed by atoms with Gasteiger partial charge in [-0.25, -0.2) is 0 Å². The topological polar surface area (TPSA) is 54.1 Å². The Bertz CT molecular complexity index is 497. The zero-order valence-electron chi connectivity index (χ0n) is 13.4. The van der Waals surface area contributed by atoms with Gasteiger partial charge in [-0.05, 0) is 33.0 Å². The zero-order chi connectivity index (χ0) is 15.4. The molecule has 1 unspecified atom stereocenters. The number of para-hydroxylation sites is 1. The van der Waals surface area contributed by atoms with E-state index in [1.54, 1.807) is 7.11 Å².